The summed E-state index contributed by atoms with van der Waals surface area (Å²) in [4.78, 5) is 26.7. The second-order valence-electron chi connectivity index (χ2n) is 5.11. The highest BCUT2D eigenvalue weighted by molar-refractivity contribution is 8.00. The first kappa shape index (κ1) is 15.9. The van der Waals surface area contributed by atoms with E-state index in [2.05, 4.69) is 12.2 Å². The van der Waals surface area contributed by atoms with Crippen molar-refractivity contribution >= 4 is 29.3 Å². The molecule has 21 heavy (non-hydrogen) atoms. The van der Waals surface area contributed by atoms with Crippen LogP contribution < -0.4 is 10.2 Å². The monoisotopic (exact) mass is 306 g/mol. The molecule has 1 aromatic rings. The Morgan fingerprint density at radius 3 is 2.95 bits per heavy atom. The highest BCUT2D eigenvalue weighted by Gasteiger charge is 2.23. The van der Waals surface area contributed by atoms with Gasteiger partial charge in [-0.1, -0.05) is 25.5 Å². The van der Waals surface area contributed by atoms with Crippen LogP contribution in [0.5, 0.6) is 0 Å². The van der Waals surface area contributed by atoms with Crippen LogP contribution in [0, 0.1) is 0 Å². The van der Waals surface area contributed by atoms with Crippen molar-refractivity contribution in [2.45, 2.75) is 37.5 Å². The van der Waals surface area contributed by atoms with E-state index < -0.39 is 0 Å². The van der Waals surface area contributed by atoms with Gasteiger partial charge in [0.2, 0.25) is 11.8 Å². The largest absolute Gasteiger partial charge is 0.356 e. The van der Waals surface area contributed by atoms with Gasteiger partial charge in [-0.15, -0.1) is 11.8 Å². The van der Waals surface area contributed by atoms with Crippen molar-refractivity contribution in [2.75, 3.05) is 23.7 Å². The molecule has 0 fully saturated rings. The summed E-state index contributed by atoms with van der Waals surface area (Å²) in [5, 5.41) is 2.91. The van der Waals surface area contributed by atoms with Crippen LogP contribution in [0.2, 0.25) is 0 Å². The first-order valence-corrected chi connectivity index (χ1v) is 8.50. The lowest BCUT2D eigenvalue weighted by molar-refractivity contribution is -0.121. The number of rotatable bonds is 7. The molecule has 1 aromatic carbocycles. The Morgan fingerprint density at radius 2 is 2.14 bits per heavy atom. The van der Waals surface area contributed by atoms with Gasteiger partial charge in [-0.2, -0.15) is 0 Å². The van der Waals surface area contributed by atoms with Crippen molar-refractivity contribution < 1.29 is 9.59 Å². The second-order valence-corrected chi connectivity index (χ2v) is 6.13. The highest BCUT2D eigenvalue weighted by atomic mass is 32.2. The number of anilines is 1. The maximum atomic E-state index is 12.0. The summed E-state index contributed by atoms with van der Waals surface area (Å²) in [5.41, 5.74) is 0.977. The fraction of sp³-hybridized carbons (Fsp3) is 0.500. The molecule has 0 unspecified atom stereocenters. The van der Waals surface area contributed by atoms with E-state index in [4.69, 9.17) is 0 Å². The van der Waals surface area contributed by atoms with E-state index in [1.54, 1.807) is 11.8 Å². The third-order valence-corrected chi connectivity index (χ3v) is 4.49. The molecule has 2 amide bonds. The molecule has 0 bridgehead atoms. The average Bonchev–Trinajstić information content (AvgIpc) is 2.50. The van der Waals surface area contributed by atoms with Gasteiger partial charge in [0, 0.05) is 24.4 Å². The zero-order chi connectivity index (χ0) is 15.1. The number of thioether (sulfide) groups is 1. The quantitative estimate of drug-likeness (QED) is 0.788. The number of nitrogens with zero attached hydrogens (tertiary/aromatic N) is 1. The Morgan fingerprint density at radius 1 is 1.33 bits per heavy atom. The molecular formula is C16H22N2O2S. The summed E-state index contributed by atoms with van der Waals surface area (Å²) in [6, 6.07) is 7.95. The SMILES string of the molecule is CCCCNC(=O)CCCN1C(=O)CSc2ccccc21. The third kappa shape index (κ3) is 4.49. The number of nitrogens with one attached hydrogen (secondary N) is 1. The number of para-hydroxylation sites is 1. The van der Waals surface area contributed by atoms with Gasteiger partial charge < -0.3 is 10.2 Å². The molecule has 0 atom stereocenters. The van der Waals surface area contributed by atoms with Gasteiger partial charge >= 0.3 is 0 Å². The molecule has 2 rings (SSSR count). The van der Waals surface area contributed by atoms with E-state index in [1.165, 1.54) is 0 Å². The molecular weight excluding hydrogens is 284 g/mol. The average molecular weight is 306 g/mol. The summed E-state index contributed by atoms with van der Waals surface area (Å²) in [7, 11) is 0. The van der Waals surface area contributed by atoms with Gasteiger partial charge in [0.15, 0.2) is 0 Å². The molecule has 0 saturated carbocycles. The molecule has 0 aromatic heterocycles. The van der Waals surface area contributed by atoms with Crippen molar-refractivity contribution in [3.8, 4) is 0 Å². The highest BCUT2D eigenvalue weighted by Crippen LogP contribution is 2.34. The Hall–Kier alpha value is -1.49. The van der Waals surface area contributed by atoms with E-state index in [-0.39, 0.29) is 11.8 Å². The molecule has 1 aliphatic heterocycles. The zero-order valence-corrected chi connectivity index (χ0v) is 13.2. The number of hydrogen-bond acceptors (Lipinski definition) is 3. The number of amides is 2. The molecule has 0 spiro atoms. The first-order valence-electron chi connectivity index (χ1n) is 7.51. The number of fused-ring (bicyclic) bond motifs is 1. The molecule has 1 heterocycles. The number of carbonyl (C=O) groups excluding carboxylic acids is 2. The summed E-state index contributed by atoms with van der Waals surface area (Å²) in [6.07, 6.45) is 3.27. The lowest BCUT2D eigenvalue weighted by Crippen LogP contribution is -2.36. The van der Waals surface area contributed by atoms with Crippen molar-refractivity contribution in [2.24, 2.45) is 0 Å². The molecule has 114 valence electrons. The third-order valence-electron chi connectivity index (χ3n) is 3.45. The van der Waals surface area contributed by atoms with Gasteiger partial charge in [0.25, 0.3) is 0 Å². The minimum Gasteiger partial charge on any atom is -0.356 e. The summed E-state index contributed by atoms with van der Waals surface area (Å²) in [5.74, 6) is 0.695. The van der Waals surface area contributed by atoms with Gasteiger partial charge in [-0.3, -0.25) is 9.59 Å². The summed E-state index contributed by atoms with van der Waals surface area (Å²) >= 11 is 1.58. The predicted molar refractivity (Wildman–Crippen MR) is 86.7 cm³/mol. The number of hydrogen-bond donors (Lipinski definition) is 1. The maximum absolute atomic E-state index is 12.0. The number of unbranched alkanes of at least 4 members (excludes halogenated alkanes) is 1. The first-order chi connectivity index (χ1) is 10.2. The fourth-order valence-corrected chi connectivity index (χ4v) is 3.23. The van der Waals surface area contributed by atoms with E-state index >= 15 is 0 Å². The minimum atomic E-state index is 0.0792. The van der Waals surface area contributed by atoms with E-state index in [1.807, 2.05) is 29.2 Å². The molecule has 0 saturated heterocycles. The van der Waals surface area contributed by atoms with Gasteiger partial charge in [-0.25, -0.2) is 0 Å². The van der Waals surface area contributed by atoms with Gasteiger partial charge in [0.1, 0.15) is 0 Å². The maximum Gasteiger partial charge on any atom is 0.237 e. The Labute approximate surface area is 130 Å². The molecule has 5 heteroatoms. The van der Waals surface area contributed by atoms with Crippen molar-refractivity contribution in [3.63, 3.8) is 0 Å². The van der Waals surface area contributed by atoms with Crippen LogP contribution in [0.4, 0.5) is 5.69 Å². The normalized spacial score (nSPS) is 14.0. The van der Waals surface area contributed by atoms with Crippen LogP contribution >= 0.6 is 11.8 Å². The van der Waals surface area contributed by atoms with Crippen LogP contribution in [-0.2, 0) is 9.59 Å². The Bertz CT molecular complexity index is 505. The van der Waals surface area contributed by atoms with Crippen LogP contribution in [0.25, 0.3) is 0 Å². The molecule has 4 nitrogen and oxygen atoms in total. The van der Waals surface area contributed by atoms with Crippen LogP contribution in [0.3, 0.4) is 0 Å². The Balaban J connectivity index is 1.83. The number of benzene rings is 1. The molecule has 1 N–H and O–H groups in total. The lowest BCUT2D eigenvalue weighted by Gasteiger charge is -2.28. The molecule has 0 aliphatic carbocycles. The fourth-order valence-electron chi connectivity index (χ4n) is 2.29. The van der Waals surface area contributed by atoms with E-state index in [0.717, 1.165) is 30.0 Å². The van der Waals surface area contributed by atoms with Crippen LogP contribution in [-0.4, -0.2) is 30.7 Å². The molecule has 1 aliphatic rings. The minimum absolute atomic E-state index is 0.0792. The van der Waals surface area contributed by atoms with Crippen LogP contribution in [0.1, 0.15) is 32.6 Å². The topological polar surface area (TPSA) is 49.4 Å². The van der Waals surface area contributed by atoms with Gasteiger partial charge in [-0.05, 0) is 25.0 Å². The predicted octanol–water partition coefficient (Wildman–Crippen LogP) is 2.82. The van der Waals surface area contributed by atoms with E-state index in [0.29, 0.717) is 25.1 Å². The summed E-state index contributed by atoms with van der Waals surface area (Å²) in [6.45, 7) is 3.46. The zero-order valence-electron chi connectivity index (χ0n) is 12.4. The smallest absolute Gasteiger partial charge is 0.237 e. The lowest BCUT2D eigenvalue weighted by atomic mass is 10.2. The van der Waals surface area contributed by atoms with Crippen LogP contribution in [0.15, 0.2) is 29.2 Å². The Kier molecular flexibility index (Phi) is 6.11. The van der Waals surface area contributed by atoms with Crippen molar-refractivity contribution in [1.29, 1.82) is 0 Å². The summed E-state index contributed by atoms with van der Waals surface area (Å²) < 4.78 is 0. The van der Waals surface area contributed by atoms with Gasteiger partial charge in [0.05, 0.1) is 11.4 Å². The second kappa shape index (κ2) is 8.08. The van der Waals surface area contributed by atoms with E-state index in [9.17, 15) is 9.59 Å². The standard InChI is InChI=1S/C16H22N2O2S/c1-2-3-10-17-15(19)9-6-11-18-13-7-4-5-8-14(13)21-12-16(18)20/h4-5,7-8H,2-3,6,9-12H2,1H3,(H,17,19). The number of carbonyl (C=O) groups is 2. The van der Waals surface area contributed by atoms with Crippen molar-refractivity contribution in [3.05, 3.63) is 24.3 Å². The molecule has 0 radical (unpaired) electrons. The van der Waals surface area contributed by atoms with Crippen molar-refractivity contribution in [1.82, 2.24) is 5.32 Å².